The number of para-hydroxylation sites is 1. The van der Waals surface area contributed by atoms with E-state index in [0.717, 1.165) is 15.6 Å². The van der Waals surface area contributed by atoms with E-state index in [-0.39, 0.29) is 23.1 Å². The minimum absolute atomic E-state index is 0.104. The Labute approximate surface area is 165 Å². The third kappa shape index (κ3) is 3.93. The number of benzene rings is 2. The molecule has 7 nitrogen and oxygen atoms in total. The molecular formula is C20H23N3O4S. The van der Waals surface area contributed by atoms with Crippen LogP contribution in [0.4, 0.5) is 11.4 Å². The quantitative estimate of drug-likeness (QED) is 0.832. The summed E-state index contributed by atoms with van der Waals surface area (Å²) in [5, 5.41) is 2.80. The molecule has 0 saturated carbocycles. The number of sulfonamides is 1. The zero-order valence-electron chi connectivity index (χ0n) is 16.0. The van der Waals surface area contributed by atoms with Crippen molar-refractivity contribution in [1.29, 1.82) is 0 Å². The van der Waals surface area contributed by atoms with E-state index in [9.17, 15) is 18.0 Å². The highest BCUT2D eigenvalue weighted by molar-refractivity contribution is 7.89. The van der Waals surface area contributed by atoms with Crippen molar-refractivity contribution in [2.75, 3.05) is 30.9 Å². The van der Waals surface area contributed by atoms with Crippen molar-refractivity contribution >= 4 is 33.2 Å². The molecule has 1 aliphatic heterocycles. The zero-order valence-corrected chi connectivity index (χ0v) is 16.9. The van der Waals surface area contributed by atoms with Gasteiger partial charge in [-0.3, -0.25) is 9.59 Å². The highest BCUT2D eigenvalue weighted by Gasteiger charge is 2.35. The van der Waals surface area contributed by atoms with Gasteiger partial charge in [0.2, 0.25) is 21.8 Å². The maximum Gasteiger partial charge on any atom is 0.242 e. The second-order valence-electron chi connectivity index (χ2n) is 6.99. The molecule has 148 valence electrons. The van der Waals surface area contributed by atoms with Crippen molar-refractivity contribution < 1.29 is 18.0 Å². The van der Waals surface area contributed by atoms with Crippen LogP contribution >= 0.6 is 0 Å². The number of hydrogen-bond acceptors (Lipinski definition) is 4. The molecule has 8 heteroatoms. The molecule has 0 spiro atoms. The Morgan fingerprint density at radius 1 is 1.14 bits per heavy atom. The van der Waals surface area contributed by atoms with Crippen LogP contribution in [0.25, 0.3) is 0 Å². The minimum Gasteiger partial charge on any atom is -0.325 e. The van der Waals surface area contributed by atoms with Gasteiger partial charge in [-0.2, -0.15) is 0 Å². The van der Waals surface area contributed by atoms with Gasteiger partial charge < -0.3 is 10.2 Å². The summed E-state index contributed by atoms with van der Waals surface area (Å²) < 4.78 is 25.8. The fourth-order valence-corrected chi connectivity index (χ4v) is 4.01. The number of rotatable bonds is 5. The molecule has 3 rings (SSSR count). The van der Waals surface area contributed by atoms with E-state index < -0.39 is 15.9 Å². The monoisotopic (exact) mass is 401 g/mol. The van der Waals surface area contributed by atoms with Crippen molar-refractivity contribution in [3.05, 3.63) is 54.1 Å². The molecule has 2 aromatic rings. The Morgan fingerprint density at radius 2 is 1.82 bits per heavy atom. The molecule has 0 aromatic heterocycles. The van der Waals surface area contributed by atoms with Crippen molar-refractivity contribution in [3.8, 4) is 0 Å². The second-order valence-corrected chi connectivity index (χ2v) is 9.15. The summed E-state index contributed by atoms with van der Waals surface area (Å²) in [7, 11) is -0.697. The minimum atomic E-state index is -3.60. The molecule has 1 unspecified atom stereocenters. The number of anilines is 2. The van der Waals surface area contributed by atoms with Crippen LogP contribution in [0.1, 0.15) is 12.0 Å². The van der Waals surface area contributed by atoms with Gasteiger partial charge >= 0.3 is 0 Å². The Kier molecular flexibility index (Phi) is 5.53. The molecule has 28 heavy (non-hydrogen) atoms. The van der Waals surface area contributed by atoms with Gasteiger partial charge in [0, 0.05) is 38.4 Å². The van der Waals surface area contributed by atoms with Gasteiger partial charge in [-0.25, -0.2) is 12.7 Å². The van der Waals surface area contributed by atoms with Crippen molar-refractivity contribution in [2.45, 2.75) is 18.2 Å². The van der Waals surface area contributed by atoms with Crippen LogP contribution in [0.3, 0.4) is 0 Å². The lowest BCUT2D eigenvalue weighted by molar-refractivity contribution is -0.122. The molecule has 1 aliphatic rings. The summed E-state index contributed by atoms with van der Waals surface area (Å²) in [5.74, 6) is -0.900. The number of hydrogen-bond donors (Lipinski definition) is 1. The molecular weight excluding hydrogens is 378 g/mol. The third-order valence-corrected chi connectivity index (χ3v) is 6.62. The number of amides is 2. The normalized spacial score (nSPS) is 17.2. The summed E-state index contributed by atoms with van der Waals surface area (Å²) in [5.41, 5.74) is 1.94. The van der Waals surface area contributed by atoms with E-state index in [1.54, 1.807) is 17.9 Å². The lowest BCUT2D eigenvalue weighted by Crippen LogP contribution is -2.28. The topological polar surface area (TPSA) is 86.8 Å². The standard InChI is InChI=1S/C20H23N3O4S/c1-14-9-10-17(28(26,27)22(2)3)12-18(14)21-20(25)15-11-19(24)23(13-15)16-7-5-4-6-8-16/h4-10,12,15H,11,13H2,1-3H3,(H,21,25). The molecule has 1 N–H and O–H groups in total. The lowest BCUT2D eigenvalue weighted by atomic mass is 10.1. The number of carbonyl (C=O) groups excluding carboxylic acids is 2. The van der Waals surface area contributed by atoms with Crippen molar-refractivity contribution in [3.63, 3.8) is 0 Å². The summed E-state index contributed by atoms with van der Waals surface area (Å²) in [4.78, 5) is 26.8. The van der Waals surface area contributed by atoms with Gasteiger partial charge in [0.05, 0.1) is 10.8 Å². The van der Waals surface area contributed by atoms with E-state index >= 15 is 0 Å². The van der Waals surface area contributed by atoms with Gasteiger partial charge in [0.25, 0.3) is 0 Å². The molecule has 2 amide bonds. The van der Waals surface area contributed by atoms with Crippen molar-refractivity contribution in [1.82, 2.24) is 4.31 Å². The first-order valence-corrected chi connectivity index (χ1v) is 10.3. The number of carbonyl (C=O) groups is 2. The smallest absolute Gasteiger partial charge is 0.242 e. The predicted octanol–water partition coefficient (Wildman–Crippen LogP) is 2.24. The summed E-state index contributed by atoms with van der Waals surface area (Å²) >= 11 is 0. The van der Waals surface area contributed by atoms with Gasteiger partial charge in [0.15, 0.2) is 0 Å². The zero-order chi connectivity index (χ0) is 20.5. The van der Waals surface area contributed by atoms with Gasteiger partial charge in [-0.15, -0.1) is 0 Å². The Bertz CT molecular complexity index is 1000. The summed E-state index contributed by atoms with van der Waals surface area (Å²) in [6, 6.07) is 13.8. The van der Waals surface area contributed by atoms with Crippen molar-refractivity contribution in [2.24, 2.45) is 5.92 Å². The average Bonchev–Trinajstić information content (AvgIpc) is 3.06. The van der Waals surface area contributed by atoms with Crippen LogP contribution in [0.15, 0.2) is 53.4 Å². The van der Waals surface area contributed by atoms with E-state index in [1.165, 1.54) is 26.2 Å². The van der Waals surface area contributed by atoms with Crippen LogP contribution in [-0.2, 0) is 19.6 Å². The van der Waals surface area contributed by atoms with Gasteiger partial charge in [-0.1, -0.05) is 24.3 Å². The van der Waals surface area contributed by atoms with Crippen LogP contribution in [0.2, 0.25) is 0 Å². The number of nitrogens with one attached hydrogen (secondary N) is 1. The molecule has 0 bridgehead atoms. The lowest BCUT2D eigenvalue weighted by Gasteiger charge is -2.17. The Balaban J connectivity index is 1.78. The molecule has 1 heterocycles. The first-order valence-electron chi connectivity index (χ1n) is 8.89. The summed E-state index contributed by atoms with van der Waals surface area (Å²) in [6.45, 7) is 2.08. The maximum absolute atomic E-state index is 12.7. The SMILES string of the molecule is Cc1ccc(S(=O)(=O)N(C)C)cc1NC(=O)C1CC(=O)N(c2ccccc2)C1. The third-order valence-electron chi connectivity index (χ3n) is 4.81. The molecule has 0 radical (unpaired) electrons. The van der Waals surface area contributed by atoms with E-state index in [0.29, 0.717) is 12.2 Å². The Hall–Kier alpha value is -2.71. The molecule has 1 saturated heterocycles. The molecule has 2 aromatic carbocycles. The van der Waals surface area contributed by atoms with Gasteiger partial charge in [0.1, 0.15) is 0 Å². The average molecular weight is 401 g/mol. The molecule has 1 atom stereocenters. The Morgan fingerprint density at radius 3 is 2.46 bits per heavy atom. The van der Waals surface area contributed by atoms with Crippen LogP contribution in [0, 0.1) is 12.8 Å². The molecule has 1 fully saturated rings. The predicted molar refractivity (Wildman–Crippen MR) is 108 cm³/mol. The second kappa shape index (κ2) is 7.73. The van der Waals surface area contributed by atoms with Gasteiger partial charge in [-0.05, 0) is 36.8 Å². The summed E-state index contributed by atoms with van der Waals surface area (Å²) in [6.07, 6.45) is 0.120. The van der Waals surface area contributed by atoms with E-state index in [1.807, 2.05) is 30.3 Å². The number of nitrogens with zero attached hydrogens (tertiary/aromatic N) is 2. The fraction of sp³-hybridized carbons (Fsp3) is 0.300. The first-order chi connectivity index (χ1) is 13.2. The van der Waals surface area contributed by atoms with Crippen LogP contribution in [-0.4, -0.2) is 45.2 Å². The maximum atomic E-state index is 12.7. The van der Waals surface area contributed by atoms with E-state index in [4.69, 9.17) is 0 Å². The highest BCUT2D eigenvalue weighted by atomic mass is 32.2. The first kappa shape index (κ1) is 20.0. The number of aryl methyl sites for hydroxylation is 1. The fourth-order valence-electron chi connectivity index (χ4n) is 3.08. The molecule has 0 aliphatic carbocycles. The van der Waals surface area contributed by atoms with E-state index in [2.05, 4.69) is 5.32 Å². The largest absolute Gasteiger partial charge is 0.325 e. The van der Waals surface area contributed by atoms with Crippen LogP contribution in [0.5, 0.6) is 0 Å². The van der Waals surface area contributed by atoms with Crippen LogP contribution < -0.4 is 10.2 Å². The highest BCUT2D eigenvalue weighted by Crippen LogP contribution is 2.27.